The molecule has 1 nitrogen and oxygen atoms in total. The first-order valence-corrected chi connectivity index (χ1v) is 6.84. The van der Waals surface area contributed by atoms with Gasteiger partial charge in [-0.1, -0.05) is 13.3 Å². The van der Waals surface area contributed by atoms with Gasteiger partial charge in [0, 0.05) is 15.8 Å². The van der Waals surface area contributed by atoms with Crippen LogP contribution in [0.1, 0.15) is 47.5 Å². The normalized spacial score (nSPS) is 18.9. The molecule has 1 fully saturated rings. The highest BCUT2D eigenvalue weighted by Gasteiger charge is 2.29. The molecule has 0 aromatic carbocycles. The zero-order valence-electron chi connectivity index (χ0n) is 9.97. The molecule has 1 aliphatic carbocycles. The van der Waals surface area contributed by atoms with E-state index in [0.29, 0.717) is 6.04 Å². The minimum Gasteiger partial charge on any atom is -0.309 e. The Morgan fingerprint density at radius 2 is 2.20 bits per heavy atom. The lowest BCUT2D eigenvalue weighted by Crippen LogP contribution is -2.31. The average molecular weight is 223 g/mol. The molecule has 1 unspecified atom stereocenters. The Labute approximate surface area is 96.9 Å². The maximum atomic E-state index is 3.67. The Morgan fingerprint density at radius 3 is 2.60 bits per heavy atom. The van der Waals surface area contributed by atoms with Crippen molar-refractivity contribution in [3.05, 3.63) is 21.4 Å². The Hall–Kier alpha value is -0.340. The number of hydrogen-bond acceptors (Lipinski definition) is 2. The van der Waals surface area contributed by atoms with Gasteiger partial charge in [0.15, 0.2) is 0 Å². The highest BCUT2D eigenvalue weighted by molar-refractivity contribution is 7.12. The van der Waals surface area contributed by atoms with Crippen molar-refractivity contribution in [3.8, 4) is 0 Å². The summed E-state index contributed by atoms with van der Waals surface area (Å²) >= 11 is 1.98. The molecule has 0 radical (unpaired) electrons. The lowest BCUT2D eigenvalue weighted by atomic mass is 9.78. The van der Waals surface area contributed by atoms with Crippen LogP contribution in [0.3, 0.4) is 0 Å². The second-order valence-electron chi connectivity index (χ2n) is 4.63. The highest BCUT2D eigenvalue weighted by Crippen LogP contribution is 2.41. The Kier molecular flexibility index (Phi) is 3.47. The molecule has 2 rings (SSSR count). The largest absolute Gasteiger partial charge is 0.309 e. The van der Waals surface area contributed by atoms with Gasteiger partial charge in [-0.2, -0.15) is 0 Å². The van der Waals surface area contributed by atoms with Crippen LogP contribution < -0.4 is 5.32 Å². The van der Waals surface area contributed by atoms with Crippen molar-refractivity contribution in [3.63, 3.8) is 0 Å². The van der Waals surface area contributed by atoms with Gasteiger partial charge in [-0.3, -0.25) is 0 Å². The second-order valence-corrected chi connectivity index (χ2v) is 5.92. The maximum Gasteiger partial charge on any atom is 0.0446 e. The van der Waals surface area contributed by atoms with Crippen LogP contribution in [0.4, 0.5) is 0 Å². The van der Waals surface area contributed by atoms with Crippen molar-refractivity contribution in [2.45, 2.75) is 46.1 Å². The van der Waals surface area contributed by atoms with E-state index in [1.54, 1.807) is 4.88 Å². The van der Waals surface area contributed by atoms with E-state index >= 15 is 0 Å². The van der Waals surface area contributed by atoms with Crippen LogP contribution in [-0.4, -0.2) is 6.54 Å². The molecular formula is C13H21NS. The van der Waals surface area contributed by atoms with Crippen LogP contribution in [0.15, 0.2) is 6.07 Å². The fourth-order valence-electron chi connectivity index (χ4n) is 2.43. The molecule has 1 aliphatic rings. The van der Waals surface area contributed by atoms with Gasteiger partial charge in [-0.15, -0.1) is 11.3 Å². The van der Waals surface area contributed by atoms with Crippen molar-refractivity contribution in [1.82, 2.24) is 5.32 Å². The van der Waals surface area contributed by atoms with Crippen LogP contribution in [-0.2, 0) is 0 Å². The van der Waals surface area contributed by atoms with E-state index in [0.717, 1.165) is 12.5 Å². The molecule has 0 amide bonds. The van der Waals surface area contributed by atoms with Crippen molar-refractivity contribution < 1.29 is 0 Å². The maximum absolute atomic E-state index is 3.67. The molecule has 1 aromatic rings. The second kappa shape index (κ2) is 4.67. The molecule has 0 aliphatic heterocycles. The lowest BCUT2D eigenvalue weighted by molar-refractivity contribution is 0.235. The summed E-state index contributed by atoms with van der Waals surface area (Å²) in [5.74, 6) is 0.890. The predicted octanol–water partition coefficient (Wildman–Crippen LogP) is 3.82. The minimum absolute atomic E-state index is 0.627. The lowest BCUT2D eigenvalue weighted by Gasteiger charge is -2.34. The Bertz CT molecular complexity index is 325. The first kappa shape index (κ1) is 11.2. The summed E-state index contributed by atoms with van der Waals surface area (Å²) < 4.78 is 0. The third-order valence-corrected chi connectivity index (χ3v) is 4.64. The van der Waals surface area contributed by atoms with Crippen LogP contribution in [0.25, 0.3) is 0 Å². The van der Waals surface area contributed by atoms with Gasteiger partial charge in [-0.05, 0) is 50.8 Å². The van der Waals surface area contributed by atoms with Gasteiger partial charge in [-0.25, -0.2) is 0 Å². The third-order valence-electron chi connectivity index (χ3n) is 3.41. The molecule has 15 heavy (non-hydrogen) atoms. The molecule has 1 saturated carbocycles. The van der Waals surface area contributed by atoms with E-state index in [1.807, 2.05) is 11.3 Å². The highest BCUT2D eigenvalue weighted by atomic mass is 32.1. The molecule has 1 aromatic heterocycles. The fraction of sp³-hybridized carbons (Fsp3) is 0.692. The van der Waals surface area contributed by atoms with E-state index < -0.39 is 0 Å². The molecule has 1 heterocycles. The minimum atomic E-state index is 0.627. The standard InChI is InChI=1S/C13H21NS/c1-4-14-12(11-6-5-7-11)13-9(2)8-10(3)15-13/h8,11-12,14H,4-7H2,1-3H3. The molecule has 84 valence electrons. The van der Waals surface area contributed by atoms with Crippen molar-refractivity contribution in [2.24, 2.45) is 5.92 Å². The zero-order chi connectivity index (χ0) is 10.8. The summed E-state index contributed by atoms with van der Waals surface area (Å²) in [5, 5.41) is 3.67. The summed E-state index contributed by atoms with van der Waals surface area (Å²) in [6.07, 6.45) is 4.25. The number of thiophene rings is 1. The summed E-state index contributed by atoms with van der Waals surface area (Å²) in [6.45, 7) is 7.76. The molecule has 0 saturated heterocycles. The molecule has 0 bridgehead atoms. The summed E-state index contributed by atoms with van der Waals surface area (Å²) in [4.78, 5) is 3.03. The third kappa shape index (κ3) is 2.26. The molecular weight excluding hydrogens is 202 g/mol. The van der Waals surface area contributed by atoms with Crippen LogP contribution in [0, 0.1) is 19.8 Å². The number of aryl methyl sites for hydroxylation is 2. The van der Waals surface area contributed by atoms with Gasteiger partial charge >= 0.3 is 0 Å². The van der Waals surface area contributed by atoms with Gasteiger partial charge in [0.25, 0.3) is 0 Å². The topological polar surface area (TPSA) is 12.0 Å². The van der Waals surface area contributed by atoms with E-state index in [2.05, 4.69) is 32.2 Å². The van der Waals surface area contributed by atoms with Gasteiger partial charge in [0.2, 0.25) is 0 Å². The zero-order valence-corrected chi connectivity index (χ0v) is 10.8. The summed E-state index contributed by atoms with van der Waals surface area (Å²) in [6, 6.07) is 2.95. The molecule has 1 N–H and O–H groups in total. The van der Waals surface area contributed by atoms with Gasteiger partial charge in [0.05, 0.1) is 0 Å². The van der Waals surface area contributed by atoms with Crippen LogP contribution >= 0.6 is 11.3 Å². The van der Waals surface area contributed by atoms with Gasteiger partial charge in [0.1, 0.15) is 0 Å². The first-order chi connectivity index (χ1) is 7.22. The van der Waals surface area contributed by atoms with E-state index in [1.165, 1.54) is 29.7 Å². The Balaban J connectivity index is 2.19. The smallest absolute Gasteiger partial charge is 0.0446 e. The van der Waals surface area contributed by atoms with Gasteiger partial charge < -0.3 is 5.32 Å². The SMILES string of the molecule is CCNC(c1sc(C)cc1C)C1CCC1. The number of nitrogens with one attached hydrogen (secondary N) is 1. The quantitative estimate of drug-likeness (QED) is 0.818. The van der Waals surface area contributed by atoms with Crippen LogP contribution in [0.5, 0.6) is 0 Å². The first-order valence-electron chi connectivity index (χ1n) is 6.02. The summed E-state index contributed by atoms with van der Waals surface area (Å²) in [7, 11) is 0. The van der Waals surface area contributed by atoms with E-state index in [-0.39, 0.29) is 0 Å². The summed E-state index contributed by atoms with van der Waals surface area (Å²) in [5.41, 5.74) is 1.48. The number of hydrogen-bond donors (Lipinski definition) is 1. The van der Waals surface area contributed by atoms with Crippen molar-refractivity contribution in [1.29, 1.82) is 0 Å². The number of rotatable bonds is 4. The average Bonchev–Trinajstić information content (AvgIpc) is 2.41. The fourth-order valence-corrected chi connectivity index (χ4v) is 3.64. The molecule has 1 atom stereocenters. The van der Waals surface area contributed by atoms with E-state index in [4.69, 9.17) is 0 Å². The monoisotopic (exact) mass is 223 g/mol. The van der Waals surface area contributed by atoms with E-state index in [9.17, 15) is 0 Å². The van der Waals surface area contributed by atoms with Crippen molar-refractivity contribution in [2.75, 3.05) is 6.54 Å². The van der Waals surface area contributed by atoms with Crippen molar-refractivity contribution >= 4 is 11.3 Å². The molecule has 0 spiro atoms. The Morgan fingerprint density at radius 1 is 1.47 bits per heavy atom. The predicted molar refractivity (Wildman–Crippen MR) is 67.6 cm³/mol. The van der Waals surface area contributed by atoms with Crippen LogP contribution in [0.2, 0.25) is 0 Å². The molecule has 2 heteroatoms.